The highest BCUT2D eigenvalue weighted by molar-refractivity contribution is 5.78. The summed E-state index contributed by atoms with van der Waals surface area (Å²) in [6.07, 6.45) is 0. The molecule has 0 spiro atoms. The zero-order valence-corrected chi connectivity index (χ0v) is 16.0. The molecular formula is C26H23O+. The first-order valence-corrected chi connectivity index (χ1v) is 9.29. The van der Waals surface area contributed by atoms with Crippen LogP contribution in [-0.4, -0.2) is 0 Å². The van der Waals surface area contributed by atoms with Crippen LogP contribution in [0.15, 0.2) is 89.3 Å². The first-order valence-electron chi connectivity index (χ1n) is 9.29. The van der Waals surface area contributed by atoms with Gasteiger partial charge in [0.1, 0.15) is 0 Å². The topological polar surface area (TPSA) is 11.3 Å². The van der Waals surface area contributed by atoms with Gasteiger partial charge < -0.3 is 0 Å². The molecule has 0 saturated carbocycles. The van der Waals surface area contributed by atoms with Crippen molar-refractivity contribution in [3.05, 3.63) is 102 Å². The smallest absolute Gasteiger partial charge is 0.207 e. The van der Waals surface area contributed by atoms with Crippen LogP contribution in [0, 0.1) is 20.8 Å². The fourth-order valence-electron chi connectivity index (χ4n) is 3.77. The Hall–Kier alpha value is -3.19. The molecule has 0 aliphatic rings. The van der Waals surface area contributed by atoms with Gasteiger partial charge in [0.15, 0.2) is 0 Å². The molecule has 1 aromatic heterocycles. The molecule has 4 aromatic rings. The Bertz CT molecular complexity index is 999. The first kappa shape index (κ1) is 17.2. The quantitative estimate of drug-likeness (QED) is 0.348. The summed E-state index contributed by atoms with van der Waals surface area (Å²) >= 11 is 0. The van der Waals surface area contributed by atoms with Gasteiger partial charge in [-0.3, -0.25) is 0 Å². The SMILES string of the molecule is Cc1cc(C)c(-c2cc(-c3ccccc3)[o+]c(-c3ccccc3)c2)c(C)c1. The van der Waals surface area contributed by atoms with Crippen LogP contribution in [0.5, 0.6) is 0 Å². The minimum atomic E-state index is 0.881. The summed E-state index contributed by atoms with van der Waals surface area (Å²) in [4.78, 5) is 0. The summed E-state index contributed by atoms with van der Waals surface area (Å²) in [5.41, 5.74) is 8.51. The third-order valence-corrected chi connectivity index (χ3v) is 4.88. The van der Waals surface area contributed by atoms with Gasteiger partial charge in [0.25, 0.3) is 0 Å². The number of hydrogen-bond acceptors (Lipinski definition) is 0. The van der Waals surface area contributed by atoms with Crippen LogP contribution in [0.2, 0.25) is 0 Å². The highest BCUT2D eigenvalue weighted by Gasteiger charge is 2.21. The molecule has 0 aliphatic heterocycles. The molecule has 3 aromatic carbocycles. The van der Waals surface area contributed by atoms with Crippen molar-refractivity contribution >= 4 is 0 Å². The molecule has 1 heteroatoms. The molecule has 0 saturated heterocycles. The molecule has 27 heavy (non-hydrogen) atoms. The van der Waals surface area contributed by atoms with Crippen molar-refractivity contribution in [3.63, 3.8) is 0 Å². The van der Waals surface area contributed by atoms with E-state index >= 15 is 0 Å². The predicted octanol–water partition coefficient (Wildman–Crippen LogP) is 7.49. The lowest BCUT2D eigenvalue weighted by atomic mass is 9.93. The van der Waals surface area contributed by atoms with Crippen molar-refractivity contribution in [3.8, 4) is 33.8 Å². The summed E-state index contributed by atoms with van der Waals surface area (Å²) in [6.45, 7) is 6.52. The van der Waals surface area contributed by atoms with E-state index in [9.17, 15) is 0 Å². The third kappa shape index (κ3) is 3.54. The van der Waals surface area contributed by atoms with Gasteiger partial charge >= 0.3 is 11.5 Å². The Labute approximate surface area is 161 Å². The number of hydrogen-bond donors (Lipinski definition) is 0. The lowest BCUT2D eigenvalue weighted by Gasteiger charge is -2.11. The van der Waals surface area contributed by atoms with Crippen LogP contribution >= 0.6 is 0 Å². The molecule has 0 atom stereocenters. The van der Waals surface area contributed by atoms with Crippen molar-refractivity contribution in [2.45, 2.75) is 20.8 Å². The second-order valence-electron chi connectivity index (χ2n) is 7.08. The fourth-order valence-corrected chi connectivity index (χ4v) is 3.77. The highest BCUT2D eigenvalue weighted by Crippen LogP contribution is 2.35. The van der Waals surface area contributed by atoms with Gasteiger partial charge in [-0.05, 0) is 61.7 Å². The summed E-state index contributed by atoms with van der Waals surface area (Å²) in [5, 5.41) is 0. The molecule has 0 bridgehead atoms. The molecule has 0 fully saturated rings. The Morgan fingerprint density at radius 1 is 0.519 bits per heavy atom. The number of rotatable bonds is 3. The zero-order valence-electron chi connectivity index (χ0n) is 16.0. The molecule has 1 heterocycles. The van der Waals surface area contributed by atoms with Gasteiger partial charge in [-0.1, -0.05) is 54.1 Å². The Morgan fingerprint density at radius 3 is 1.41 bits per heavy atom. The second kappa shape index (κ2) is 7.20. The van der Waals surface area contributed by atoms with E-state index in [1.807, 2.05) is 36.4 Å². The van der Waals surface area contributed by atoms with Crippen LogP contribution in [0.3, 0.4) is 0 Å². The maximum atomic E-state index is 6.32. The Morgan fingerprint density at radius 2 is 0.963 bits per heavy atom. The first-order chi connectivity index (χ1) is 13.1. The standard InChI is InChI=1S/C26H23O/c1-18-14-19(2)26(20(3)15-18)23-16-24(21-10-6-4-7-11-21)27-25(17-23)22-12-8-5-9-13-22/h4-17H,1-3H3/q+1. The van der Waals surface area contributed by atoms with E-state index in [2.05, 4.69) is 69.3 Å². The number of aryl methyl sites for hydroxylation is 3. The van der Waals surface area contributed by atoms with Crippen molar-refractivity contribution in [1.82, 2.24) is 0 Å². The molecule has 0 unspecified atom stereocenters. The molecule has 0 amide bonds. The van der Waals surface area contributed by atoms with Crippen LogP contribution in [0.25, 0.3) is 33.8 Å². The normalized spacial score (nSPS) is 10.8. The van der Waals surface area contributed by atoms with Gasteiger partial charge in [0, 0.05) is 5.56 Å². The summed E-state index contributed by atoms with van der Waals surface area (Å²) in [5.74, 6) is 1.76. The van der Waals surface area contributed by atoms with Gasteiger partial charge in [0.2, 0.25) is 0 Å². The van der Waals surface area contributed by atoms with Gasteiger partial charge in [-0.2, -0.15) is 0 Å². The molecular weight excluding hydrogens is 328 g/mol. The van der Waals surface area contributed by atoms with E-state index in [0.717, 1.165) is 22.6 Å². The fraction of sp³-hybridized carbons (Fsp3) is 0.115. The Balaban J connectivity index is 1.97. The van der Waals surface area contributed by atoms with Crippen molar-refractivity contribution in [1.29, 1.82) is 0 Å². The lowest BCUT2D eigenvalue weighted by molar-refractivity contribution is 0.582. The zero-order chi connectivity index (χ0) is 18.8. The summed E-state index contributed by atoms with van der Waals surface area (Å²) < 4.78 is 6.32. The third-order valence-electron chi connectivity index (χ3n) is 4.88. The van der Waals surface area contributed by atoms with E-state index in [1.54, 1.807) is 0 Å². The van der Waals surface area contributed by atoms with E-state index in [-0.39, 0.29) is 0 Å². The molecule has 0 aliphatic carbocycles. The lowest BCUT2D eigenvalue weighted by Crippen LogP contribution is -1.92. The second-order valence-corrected chi connectivity index (χ2v) is 7.08. The monoisotopic (exact) mass is 351 g/mol. The summed E-state index contributed by atoms with van der Waals surface area (Å²) in [6, 6.07) is 29.4. The molecule has 1 nitrogen and oxygen atoms in total. The Kier molecular flexibility index (Phi) is 4.60. The average Bonchev–Trinajstić information content (AvgIpc) is 2.68. The minimum Gasteiger partial charge on any atom is -0.207 e. The van der Waals surface area contributed by atoms with Gasteiger partial charge in [-0.25, -0.2) is 4.42 Å². The predicted molar refractivity (Wildman–Crippen MR) is 114 cm³/mol. The van der Waals surface area contributed by atoms with Gasteiger partial charge in [0.05, 0.1) is 23.3 Å². The van der Waals surface area contributed by atoms with Gasteiger partial charge in [-0.15, -0.1) is 0 Å². The van der Waals surface area contributed by atoms with E-state index in [1.165, 1.54) is 27.8 Å². The molecule has 132 valence electrons. The molecule has 0 N–H and O–H groups in total. The highest BCUT2D eigenvalue weighted by atomic mass is 16.3. The number of benzene rings is 3. The maximum Gasteiger partial charge on any atom is 0.361 e. The molecule has 0 radical (unpaired) electrons. The largest absolute Gasteiger partial charge is 0.361 e. The van der Waals surface area contributed by atoms with Crippen LogP contribution in [0.1, 0.15) is 16.7 Å². The summed E-state index contributed by atoms with van der Waals surface area (Å²) in [7, 11) is 0. The van der Waals surface area contributed by atoms with Crippen LogP contribution in [0.4, 0.5) is 0 Å². The van der Waals surface area contributed by atoms with Crippen molar-refractivity contribution in [2.24, 2.45) is 0 Å². The van der Waals surface area contributed by atoms with E-state index < -0.39 is 0 Å². The van der Waals surface area contributed by atoms with E-state index in [0.29, 0.717) is 0 Å². The van der Waals surface area contributed by atoms with E-state index in [4.69, 9.17) is 4.42 Å². The minimum absolute atomic E-state index is 0.881. The van der Waals surface area contributed by atoms with Crippen LogP contribution in [-0.2, 0) is 0 Å². The van der Waals surface area contributed by atoms with Crippen molar-refractivity contribution < 1.29 is 4.42 Å². The average molecular weight is 351 g/mol. The maximum absolute atomic E-state index is 6.32. The van der Waals surface area contributed by atoms with Crippen molar-refractivity contribution in [2.75, 3.05) is 0 Å². The van der Waals surface area contributed by atoms with Crippen LogP contribution < -0.4 is 0 Å². The molecule has 4 rings (SSSR count).